The summed E-state index contributed by atoms with van der Waals surface area (Å²) in [4.78, 5) is 0. The quantitative estimate of drug-likeness (QED) is 0.315. The lowest BCUT2D eigenvalue weighted by atomic mass is 9.38. The molecule has 0 aliphatic carbocycles. The van der Waals surface area contributed by atoms with Gasteiger partial charge in [-0.1, -0.05) is 108 Å². The lowest BCUT2D eigenvalue weighted by Crippen LogP contribution is -2.49. The van der Waals surface area contributed by atoms with Crippen molar-refractivity contribution >= 4 is 29.2 Å². The maximum absolute atomic E-state index is 2.44. The molecule has 0 bridgehead atoms. The molecule has 0 aromatic heterocycles. The standard InChI is InChI=1S/C31H29B/c1-5-11-24-19-25(17-16-23(24)6-2)32-30-15-10-9-14-27(30)29-20-28(22(4)18-31(29)32)26-13-8-7-12-21(26)3/h5,7-20H,6H2,1-4H3/b11-5-. The highest BCUT2D eigenvalue weighted by atomic mass is 14.2. The second-order valence-electron chi connectivity index (χ2n) is 8.90. The molecule has 32 heavy (non-hydrogen) atoms. The molecule has 1 heterocycles. The Bertz CT molecular complexity index is 1340. The number of hydrogen-bond acceptors (Lipinski definition) is 0. The number of benzene rings is 4. The minimum absolute atomic E-state index is 0.278. The molecule has 156 valence electrons. The zero-order valence-corrected chi connectivity index (χ0v) is 19.4. The van der Waals surface area contributed by atoms with Gasteiger partial charge in [-0.15, -0.1) is 0 Å². The third-order valence-corrected chi connectivity index (χ3v) is 6.94. The molecule has 0 saturated carbocycles. The van der Waals surface area contributed by atoms with Crippen LogP contribution in [-0.2, 0) is 6.42 Å². The van der Waals surface area contributed by atoms with Crippen molar-refractivity contribution in [3.8, 4) is 22.3 Å². The molecule has 0 saturated heterocycles. The Morgan fingerprint density at radius 3 is 2.19 bits per heavy atom. The van der Waals surface area contributed by atoms with Crippen molar-refractivity contribution in [2.75, 3.05) is 0 Å². The van der Waals surface area contributed by atoms with E-state index >= 15 is 0 Å². The van der Waals surface area contributed by atoms with Gasteiger partial charge in [-0.25, -0.2) is 0 Å². The van der Waals surface area contributed by atoms with Gasteiger partial charge in [-0.3, -0.25) is 0 Å². The highest BCUT2D eigenvalue weighted by Gasteiger charge is 2.34. The van der Waals surface area contributed by atoms with Crippen LogP contribution in [0.5, 0.6) is 0 Å². The van der Waals surface area contributed by atoms with Gasteiger partial charge in [0, 0.05) is 0 Å². The van der Waals surface area contributed by atoms with Crippen molar-refractivity contribution in [1.82, 2.24) is 0 Å². The second kappa shape index (κ2) is 8.32. The van der Waals surface area contributed by atoms with E-state index in [0.717, 1.165) is 6.42 Å². The van der Waals surface area contributed by atoms with Crippen LogP contribution in [0.2, 0.25) is 0 Å². The fraction of sp³-hybridized carbons (Fsp3) is 0.161. The Balaban J connectivity index is 1.73. The van der Waals surface area contributed by atoms with Crippen LogP contribution in [-0.4, -0.2) is 6.71 Å². The van der Waals surface area contributed by atoms with E-state index in [4.69, 9.17) is 0 Å². The molecule has 4 aromatic carbocycles. The molecule has 0 spiro atoms. The van der Waals surface area contributed by atoms with Crippen molar-refractivity contribution < 1.29 is 0 Å². The van der Waals surface area contributed by atoms with Gasteiger partial charge in [0.05, 0.1) is 0 Å². The molecule has 0 amide bonds. The van der Waals surface area contributed by atoms with E-state index < -0.39 is 0 Å². The number of fused-ring (bicyclic) bond motifs is 3. The molecule has 0 N–H and O–H groups in total. The van der Waals surface area contributed by atoms with Crippen LogP contribution in [0, 0.1) is 13.8 Å². The molecule has 1 aliphatic rings. The summed E-state index contributed by atoms with van der Waals surface area (Å²) >= 11 is 0. The summed E-state index contributed by atoms with van der Waals surface area (Å²) in [5.41, 5.74) is 15.1. The van der Waals surface area contributed by atoms with E-state index in [1.807, 2.05) is 0 Å². The first kappa shape index (κ1) is 20.6. The van der Waals surface area contributed by atoms with E-state index in [9.17, 15) is 0 Å². The van der Waals surface area contributed by atoms with Crippen LogP contribution < -0.4 is 16.4 Å². The fourth-order valence-corrected chi connectivity index (χ4v) is 5.34. The smallest absolute Gasteiger partial charge is 0.0871 e. The number of aryl methyl sites for hydroxylation is 3. The van der Waals surface area contributed by atoms with Gasteiger partial charge in [0.15, 0.2) is 0 Å². The first-order chi connectivity index (χ1) is 15.6. The summed E-state index contributed by atoms with van der Waals surface area (Å²) in [6.07, 6.45) is 5.45. The zero-order valence-electron chi connectivity index (χ0n) is 19.4. The number of allylic oxidation sites excluding steroid dienone is 1. The Morgan fingerprint density at radius 2 is 1.44 bits per heavy atom. The molecular formula is C31H29B. The predicted molar refractivity (Wildman–Crippen MR) is 142 cm³/mol. The summed E-state index contributed by atoms with van der Waals surface area (Å²) in [7, 11) is 0. The summed E-state index contributed by atoms with van der Waals surface area (Å²) < 4.78 is 0. The van der Waals surface area contributed by atoms with Crippen LogP contribution in [0.4, 0.5) is 0 Å². The summed E-state index contributed by atoms with van der Waals surface area (Å²) in [6.45, 7) is 9.08. The minimum atomic E-state index is 0.278. The Labute approximate surface area is 192 Å². The van der Waals surface area contributed by atoms with Gasteiger partial charge in [0.2, 0.25) is 6.71 Å². The van der Waals surface area contributed by atoms with Crippen LogP contribution in [0.25, 0.3) is 28.3 Å². The Hall–Kier alpha value is -3.32. The largest absolute Gasteiger partial charge is 0.242 e. The molecule has 0 radical (unpaired) electrons. The van der Waals surface area contributed by atoms with Gasteiger partial charge in [0.1, 0.15) is 0 Å². The highest BCUT2D eigenvalue weighted by molar-refractivity contribution is 6.99. The first-order valence-electron chi connectivity index (χ1n) is 11.7. The van der Waals surface area contributed by atoms with Crippen molar-refractivity contribution in [2.45, 2.75) is 34.1 Å². The first-order valence-corrected chi connectivity index (χ1v) is 11.7. The van der Waals surface area contributed by atoms with Gasteiger partial charge < -0.3 is 0 Å². The van der Waals surface area contributed by atoms with Gasteiger partial charge >= 0.3 is 0 Å². The molecule has 0 fully saturated rings. The number of rotatable bonds is 4. The average molecular weight is 412 g/mol. The SMILES string of the molecule is C/C=C\c1cc(B2c3ccccc3-c3cc(-c4ccccc4C)c(C)cc32)ccc1CC. The zero-order chi connectivity index (χ0) is 22.2. The normalized spacial score (nSPS) is 12.3. The molecule has 0 atom stereocenters. The second-order valence-corrected chi connectivity index (χ2v) is 8.90. The predicted octanol–water partition coefficient (Wildman–Crippen LogP) is 6.06. The summed E-state index contributed by atoms with van der Waals surface area (Å²) in [5, 5.41) is 0. The number of hydrogen-bond donors (Lipinski definition) is 0. The molecule has 1 heteroatoms. The van der Waals surface area contributed by atoms with E-state index in [1.54, 1.807) is 0 Å². The van der Waals surface area contributed by atoms with Gasteiger partial charge in [-0.2, -0.15) is 0 Å². The lowest BCUT2D eigenvalue weighted by Gasteiger charge is -2.16. The van der Waals surface area contributed by atoms with Crippen LogP contribution in [0.1, 0.15) is 36.1 Å². The monoisotopic (exact) mass is 412 g/mol. The van der Waals surface area contributed by atoms with Crippen molar-refractivity contribution in [1.29, 1.82) is 0 Å². The summed E-state index contributed by atoms with van der Waals surface area (Å²) in [6, 6.07) is 29.6. The van der Waals surface area contributed by atoms with Crippen molar-refractivity contribution in [3.63, 3.8) is 0 Å². The maximum Gasteiger partial charge on any atom is 0.242 e. The fourth-order valence-electron chi connectivity index (χ4n) is 5.34. The molecular weight excluding hydrogens is 383 g/mol. The highest BCUT2D eigenvalue weighted by Crippen LogP contribution is 2.32. The van der Waals surface area contributed by atoms with E-state index in [0.29, 0.717) is 0 Å². The molecule has 1 aliphatic heterocycles. The summed E-state index contributed by atoms with van der Waals surface area (Å²) in [5.74, 6) is 0. The molecule has 5 rings (SSSR count). The van der Waals surface area contributed by atoms with E-state index in [1.165, 1.54) is 60.9 Å². The third kappa shape index (κ3) is 3.33. The average Bonchev–Trinajstić information content (AvgIpc) is 3.12. The topological polar surface area (TPSA) is 0 Å². The molecule has 0 nitrogen and oxygen atoms in total. The van der Waals surface area contributed by atoms with Crippen molar-refractivity contribution in [2.24, 2.45) is 0 Å². The van der Waals surface area contributed by atoms with Crippen LogP contribution in [0.3, 0.4) is 0 Å². The van der Waals surface area contributed by atoms with Crippen molar-refractivity contribution in [3.05, 3.63) is 107 Å². The van der Waals surface area contributed by atoms with E-state index in [-0.39, 0.29) is 6.71 Å². The maximum atomic E-state index is 2.44. The Kier molecular flexibility index (Phi) is 5.35. The van der Waals surface area contributed by atoms with Crippen LogP contribution >= 0.6 is 0 Å². The third-order valence-electron chi connectivity index (χ3n) is 6.94. The van der Waals surface area contributed by atoms with Crippen LogP contribution in [0.15, 0.2) is 84.9 Å². The van der Waals surface area contributed by atoms with Gasteiger partial charge in [0.25, 0.3) is 0 Å². The minimum Gasteiger partial charge on any atom is -0.0871 e. The molecule has 0 unspecified atom stereocenters. The Morgan fingerprint density at radius 1 is 0.688 bits per heavy atom. The van der Waals surface area contributed by atoms with Gasteiger partial charge in [-0.05, 0) is 77.8 Å². The lowest BCUT2D eigenvalue weighted by molar-refractivity contribution is 1.13. The van der Waals surface area contributed by atoms with E-state index in [2.05, 4.69) is 119 Å². The molecule has 4 aromatic rings.